The van der Waals surface area contributed by atoms with Gasteiger partial charge in [-0.25, -0.2) is 0 Å². The smallest absolute Gasteiger partial charge is 0.481 e. The van der Waals surface area contributed by atoms with Crippen molar-refractivity contribution in [3.8, 4) is 16.9 Å². The van der Waals surface area contributed by atoms with Gasteiger partial charge >= 0.3 is 12.3 Å². The zero-order valence-corrected chi connectivity index (χ0v) is 16.9. The lowest BCUT2D eigenvalue weighted by atomic mass is 10.1. The minimum Gasteiger partial charge on any atom is -0.481 e. The summed E-state index contributed by atoms with van der Waals surface area (Å²) in [6.45, 7) is 0. The van der Waals surface area contributed by atoms with Crippen LogP contribution >= 0.6 is 11.3 Å². The van der Waals surface area contributed by atoms with Gasteiger partial charge in [-0.05, 0) is 46.9 Å². The third-order valence-electron chi connectivity index (χ3n) is 4.30. The first-order valence-corrected chi connectivity index (χ1v) is 10.1. The van der Waals surface area contributed by atoms with Gasteiger partial charge in [-0.3, -0.25) is 9.59 Å². The van der Waals surface area contributed by atoms with Crippen LogP contribution in [0.2, 0.25) is 0 Å². The largest absolute Gasteiger partial charge is 0.573 e. The number of carbonyl (C=O) groups excluding carboxylic acids is 1. The Balaban J connectivity index is 1.55. The van der Waals surface area contributed by atoms with E-state index in [4.69, 9.17) is 5.11 Å². The van der Waals surface area contributed by atoms with E-state index in [1.54, 1.807) is 35.7 Å². The molecule has 9 heteroatoms. The Kier molecular flexibility index (Phi) is 6.96. The summed E-state index contributed by atoms with van der Waals surface area (Å²) in [5, 5.41) is 13.9. The number of amides is 1. The molecule has 3 aromatic rings. The van der Waals surface area contributed by atoms with Crippen LogP contribution in [0.25, 0.3) is 11.1 Å². The minimum atomic E-state index is -4.74. The second-order valence-electron chi connectivity index (χ2n) is 6.71. The van der Waals surface area contributed by atoms with Gasteiger partial charge in [0, 0.05) is 11.8 Å². The van der Waals surface area contributed by atoms with Crippen molar-refractivity contribution < 1.29 is 32.6 Å². The SMILES string of the molecule is O=C(O)CCc1ccc(CC(=O)Nc2cc(-c3ccc(OC(F)(F)F)cc3)cs2)cc1. The number of thiophene rings is 1. The molecule has 0 spiro atoms. The average molecular weight is 449 g/mol. The molecule has 1 amide bonds. The number of benzene rings is 2. The van der Waals surface area contributed by atoms with Crippen LogP contribution in [0, 0.1) is 0 Å². The summed E-state index contributed by atoms with van der Waals surface area (Å²) in [6.07, 6.45) is -4.09. The third-order valence-corrected chi connectivity index (χ3v) is 5.14. The molecule has 2 N–H and O–H groups in total. The van der Waals surface area contributed by atoms with E-state index in [9.17, 15) is 22.8 Å². The summed E-state index contributed by atoms with van der Waals surface area (Å²) in [7, 11) is 0. The van der Waals surface area contributed by atoms with Crippen molar-refractivity contribution in [2.24, 2.45) is 0 Å². The molecule has 0 fully saturated rings. The molecular weight excluding hydrogens is 431 g/mol. The maximum atomic E-state index is 12.3. The molecule has 162 valence electrons. The number of carboxylic acid groups (broad SMARTS) is 1. The fourth-order valence-electron chi connectivity index (χ4n) is 2.84. The Morgan fingerprint density at radius 3 is 2.23 bits per heavy atom. The number of hydrogen-bond donors (Lipinski definition) is 2. The Morgan fingerprint density at radius 2 is 1.61 bits per heavy atom. The molecule has 31 heavy (non-hydrogen) atoms. The molecule has 0 saturated carbocycles. The number of alkyl halides is 3. The van der Waals surface area contributed by atoms with Gasteiger partial charge in [0.2, 0.25) is 5.91 Å². The predicted octanol–water partition coefficient (Wildman–Crippen LogP) is 5.51. The van der Waals surface area contributed by atoms with Crippen LogP contribution < -0.4 is 10.1 Å². The van der Waals surface area contributed by atoms with Gasteiger partial charge in [0.1, 0.15) is 5.75 Å². The summed E-state index contributed by atoms with van der Waals surface area (Å²) < 4.78 is 40.6. The topological polar surface area (TPSA) is 75.6 Å². The Bertz CT molecular complexity index is 1040. The molecule has 0 bridgehead atoms. The molecule has 5 nitrogen and oxygen atoms in total. The number of rotatable bonds is 8. The van der Waals surface area contributed by atoms with Gasteiger partial charge < -0.3 is 15.2 Å². The van der Waals surface area contributed by atoms with Gasteiger partial charge in [-0.1, -0.05) is 36.4 Å². The van der Waals surface area contributed by atoms with Crippen LogP contribution in [0.1, 0.15) is 17.5 Å². The lowest BCUT2D eigenvalue weighted by Crippen LogP contribution is -2.16. The summed E-state index contributed by atoms with van der Waals surface area (Å²) in [6, 6.07) is 14.4. The highest BCUT2D eigenvalue weighted by Gasteiger charge is 2.30. The summed E-state index contributed by atoms with van der Waals surface area (Å²) in [5.41, 5.74) is 3.15. The van der Waals surface area contributed by atoms with E-state index < -0.39 is 12.3 Å². The number of carboxylic acids is 1. The Hall–Kier alpha value is -3.33. The van der Waals surface area contributed by atoms with Crippen LogP contribution in [0.15, 0.2) is 60.0 Å². The first-order chi connectivity index (χ1) is 14.7. The molecule has 0 aliphatic heterocycles. The maximum absolute atomic E-state index is 12.3. The van der Waals surface area contributed by atoms with Crippen molar-refractivity contribution in [1.29, 1.82) is 0 Å². The second kappa shape index (κ2) is 9.65. The fourth-order valence-corrected chi connectivity index (χ4v) is 3.67. The molecule has 0 unspecified atom stereocenters. The van der Waals surface area contributed by atoms with Gasteiger partial charge in [0.15, 0.2) is 0 Å². The number of carbonyl (C=O) groups is 2. The van der Waals surface area contributed by atoms with E-state index in [2.05, 4.69) is 10.1 Å². The Morgan fingerprint density at radius 1 is 0.968 bits per heavy atom. The lowest BCUT2D eigenvalue weighted by Gasteiger charge is -2.08. The van der Waals surface area contributed by atoms with Crippen LogP contribution in [0.5, 0.6) is 5.75 Å². The first kappa shape index (κ1) is 22.4. The molecule has 1 aromatic heterocycles. The van der Waals surface area contributed by atoms with Crippen molar-refractivity contribution in [2.45, 2.75) is 25.6 Å². The number of halogens is 3. The number of anilines is 1. The second-order valence-corrected chi connectivity index (χ2v) is 7.62. The van der Waals surface area contributed by atoms with Crippen molar-refractivity contribution in [1.82, 2.24) is 0 Å². The van der Waals surface area contributed by atoms with E-state index in [-0.39, 0.29) is 24.5 Å². The minimum absolute atomic E-state index is 0.0542. The third kappa shape index (κ3) is 7.14. The average Bonchev–Trinajstić information content (AvgIpc) is 3.15. The van der Waals surface area contributed by atoms with E-state index in [0.717, 1.165) is 16.7 Å². The van der Waals surface area contributed by atoms with Crippen molar-refractivity contribution >= 4 is 28.2 Å². The van der Waals surface area contributed by atoms with E-state index in [1.165, 1.54) is 35.6 Å². The summed E-state index contributed by atoms with van der Waals surface area (Å²) in [5.74, 6) is -1.36. The number of aryl methyl sites for hydroxylation is 1. The molecule has 3 rings (SSSR count). The molecule has 0 saturated heterocycles. The highest BCUT2D eigenvalue weighted by molar-refractivity contribution is 7.14. The van der Waals surface area contributed by atoms with Crippen molar-refractivity contribution in [2.75, 3.05) is 5.32 Å². The molecule has 2 aromatic carbocycles. The standard InChI is InChI=1S/C22H18F3NO4S/c23-22(24,25)30-18-8-6-16(7-9-18)17-12-20(31-13-17)26-19(27)11-15-3-1-14(2-4-15)5-10-21(28)29/h1-4,6-9,12-13H,5,10-11H2,(H,26,27)(H,28,29). The van der Waals surface area contributed by atoms with Crippen LogP contribution in [-0.4, -0.2) is 23.3 Å². The van der Waals surface area contributed by atoms with Crippen molar-refractivity contribution in [3.05, 3.63) is 71.1 Å². The Labute approximate surface area is 180 Å². The van der Waals surface area contributed by atoms with Gasteiger partial charge in [0.25, 0.3) is 0 Å². The normalized spacial score (nSPS) is 11.2. The fraction of sp³-hybridized carbons (Fsp3) is 0.182. The van der Waals surface area contributed by atoms with E-state index >= 15 is 0 Å². The van der Waals surface area contributed by atoms with Crippen LogP contribution in [-0.2, 0) is 22.4 Å². The van der Waals surface area contributed by atoms with Gasteiger partial charge in [-0.2, -0.15) is 0 Å². The highest BCUT2D eigenvalue weighted by atomic mass is 32.1. The van der Waals surface area contributed by atoms with E-state index in [0.29, 0.717) is 17.0 Å². The maximum Gasteiger partial charge on any atom is 0.573 e. The summed E-state index contributed by atoms with van der Waals surface area (Å²) >= 11 is 1.31. The zero-order valence-electron chi connectivity index (χ0n) is 16.1. The van der Waals surface area contributed by atoms with Crippen molar-refractivity contribution in [3.63, 3.8) is 0 Å². The molecule has 0 aliphatic carbocycles. The number of hydrogen-bond acceptors (Lipinski definition) is 4. The quantitative estimate of drug-likeness (QED) is 0.475. The predicted molar refractivity (Wildman–Crippen MR) is 111 cm³/mol. The van der Waals surface area contributed by atoms with Gasteiger partial charge in [-0.15, -0.1) is 24.5 Å². The molecule has 0 radical (unpaired) electrons. The molecule has 1 heterocycles. The summed E-state index contributed by atoms with van der Waals surface area (Å²) in [4.78, 5) is 22.9. The van der Waals surface area contributed by atoms with E-state index in [1.807, 2.05) is 0 Å². The first-order valence-electron chi connectivity index (χ1n) is 9.22. The van der Waals surface area contributed by atoms with Crippen LogP contribution in [0.3, 0.4) is 0 Å². The highest BCUT2D eigenvalue weighted by Crippen LogP contribution is 2.31. The molecule has 0 atom stereocenters. The monoisotopic (exact) mass is 449 g/mol. The number of aliphatic carboxylic acids is 1. The van der Waals surface area contributed by atoms with Gasteiger partial charge in [0.05, 0.1) is 11.4 Å². The zero-order chi connectivity index (χ0) is 22.4. The molecular formula is C22H18F3NO4S. The van der Waals surface area contributed by atoms with Crippen LogP contribution in [0.4, 0.5) is 18.2 Å². The lowest BCUT2D eigenvalue weighted by molar-refractivity contribution is -0.274. The number of nitrogens with one attached hydrogen (secondary N) is 1. The number of ether oxygens (including phenoxy) is 1. The molecule has 0 aliphatic rings.